The van der Waals surface area contributed by atoms with E-state index in [1.807, 2.05) is 25.5 Å². The Labute approximate surface area is 207 Å². The van der Waals surface area contributed by atoms with Gasteiger partial charge in [-0.25, -0.2) is 0 Å². The quantitative estimate of drug-likeness (QED) is 0.371. The lowest BCUT2D eigenvalue weighted by Crippen LogP contribution is -2.30. The van der Waals surface area contributed by atoms with Crippen LogP contribution in [0.2, 0.25) is 0 Å². The summed E-state index contributed by atoms with van der Waals surface area (Å²) in [6.07, 6.45) is 2.48. The van der Waals surface area contributed by atoms with Crippen LogP contribution < -0.4 is 10.6 Å². The molecule has 1 aromatic carbocycles. The molecule has 3 rings (SSSR count). The normalized spacial score (nSPS) is 15.7. The summed E-state index contributed by atoms with van der Waals surface area (Å²) in [5.41, 5.74) is 3.42. The largest absolute Gasteiger partial charge is 0.381 e. The fourth-order valence-corrected chi connectivity index (χ4v) is 4.09. The zero-order valence-corrected chi connectivity index (χ0v) is 21.0. The Morgan fingerprint density at radius 2 is 2.11 bits per heavy atom. The fraction of sp³-hybridized carbons (Fsp3) is 0.577. The van der Waals surface area contributed by atoms with Crippen molar-refractivity contribution in [1.82, 2.24) is 20.4 Å². The molecule has 9 heteroatoms. The molecule has 0 saturated heterocycles. The molecule has 1 aliphatic rings. The van der Waals surface area contributed by atoms with Crippen molar-refractivity contribution in [2.75, 3.05) is 26.4 Å². The van der Waals surface area contributed by atoms with Gasteiger partial charge in [-0.3, -0.25) is 14.3 Å². The van der Waals surface area contributed by atoms with E-state index >= 15 is 0 Å². The Morgan fingerprint density at radius 1 is 1.31 bits per heavy atom. The second-order valence-corrected chi connectivity index (χ2v) is 9.00. The zero-order valence-electron chi connectivity index (χ0n) is 21.0. The molecular formula is C26H38N4O5. The minimum atomic E-state index is -1.13. The highest BCUT2D eigenvalue weighted by atomic mass is 16.6. The van der Waals surface area contributed by atoms with Gasteiger partial charge in [0, 0.05) is 43.5 Å². The van der Waals surface area contributed by atoms with E-state index in [2.05, 4.69) is 10.6 Å². The molecule has 0 radical (unpaired) electrons. The number of aryl methyl sites for hydroxylation is 2. The average Bonchev–Trinajstić information content (AvgIpc) is 3.18. The van der Waals surface area contributed by atoms with E-state index in [-0.39, 0.29) is 17.9 Å². The molecule has 0 fully saturated rings. The third kappa shape index (κ3) is 7.62. The van der Waals surface area contributed by atoms with Crippen molar-refractivity contribution in [2.24, 2.45) is 0 Å². The first kappa shape index (κ1) is 26.8. The van der Waals surface area contributed by atoms with Gasteiger partial charge in [0.05, 0.1) is 23.6 Å². The van der Waals surface area contributed by atoms with Crippen molar-refractivity contribution in [1.29, 1.82) is 0 Å². The number of hydrogen-bond acceptors (Lipinski definition) is 6. The van der Waals surface area contributed by atoms with Gasteiger partial charge in [0.25, 0.3) is 11.8 Å². The highest BCUT2D eigenvalue weighted by Gasteiger charge is 2.23. The Bertz CT molecular complexity index is 988. The maximum absolute atomic E-state index is 12.8. The molecule has 35 heavy (non-hydrogen) atoms. The second kappa shape index (κ2) is 13.4. The Hall–Kier alpha value is -2.75. The van der Waals surface area contributed by atoms with E-state index in [9.17, 15) is 14.7 Å². The van der Waals surface area contributed by atoms with Crippen LogP contribution in [-0.4, -0.2) is 59.1 Å². The number of aliphatic hydroxyl groups excluding tert-OH is 1. The first-order valence-electron chi connectivity index (χ1n) is 12.6. The van der Waals surface area contributed by atoms with Crippen LogP contribution in [0.5, 0.6) is 0 Å². The maximum atomic E-state index is 12.8. The minimum Gasteiger partial charge on any atom is -0.381 e. The first-order valence-corrected chi connectivity index (χ1v) is 12.6. The summed E-state index contributed by atoms with van der Waals surface area (Å²) in [4.78, 5) is 25.1. The summed E-state index contributed by atoms with van der Waals surface area (Å²) < 4.78 is 13.2. The molecule has 2 amide bonds. The number of benzene rings is 1. The van der Waals surface area contributed by atoms with Crippen molar-refractivity contribution >= 4 is 11.8 Å². The molecule has 192 valence electrons. The molecule has 2 heterocycles. The van der Waals surface area contributed by atoms with Gasteiger partial charge in [-0.05, 0) is 58.1 Å². The van der Waals surface area contributed by atoms with E-state index in [0.29, 0.717) is 68.9 Å². The van der Waals surface area contributed by atoms with Crippen LogP contribution in [0.25, 0.3) is 0 Å². The fourth-order valence-electron chi connectivity index (χ4n) is 4.09. The van der Waals surface area contributed by atoms with Crippen LogP contribution in [0.4, 0.5) is 0 Å². The molecule has 0 bridgehead atoms. The number of hydrogen-bond donors (Lipinski definition) is 3. The summed E-state index contributed by atoms with van der Waals surface area (Å²) >= 11 is 0. The predicted octanol–water partition coefficient (Wildman–Crippen LogP) is 2.76. The van der Waals surface area contributed by atoms with Gasteiger partial charge in [-0.1, -0.05) is 19.1 Å². The minimum absolute atomic E-state index is 0.0270. The van der Waals surface area contributed by atoms with E-state index < -0.39 is 6.29 Å². The van der Waals surface area contributed by atoms with Crippen LogP contribution in [0.15, 0.2) is 24.3 Å². The summed E-state index contributed by atoms with van der Waals surface area (Å²) in [7, 11) is 0. The topological polar surface area (TPSA) is 115 Å². The van der Waals surface area contributed by atoms with Gasteiger partial charge in [0.2, 0.25) is 0 Å². The predicted molar refractivity (Wildman–Crippen MR) is 132 cm³/mol. The number of carbonyl (C=O) groups excluding carboxylic acids is 2. The lowest BCUT2D eigenvalue weighted by molar-refractivity contribution is -0.104. The van der Waals surface area contributed by atoms with Crippen LogP contribution in [0, 0.1) is 0 Å². The van der Waals surface area contributed by atoms with Crippen LogP contribution in [0.1, 0.15) is 84.0 Å². The molecule has 0 saturated carbocycles. The van der Waals surface area contributed by atoms with Crippen molar-refractivity contribution in [3.05, 3.63) is 52.3 Å². The van der Waals surface area contributed by atoms with Gasteiger partial charge in [0.1, 0.15) is 0 Å². The Kier molecular flexibility index (Phi) is 10.3. The number of nitrogens with zero attached hydrogens (tertiary/aromatic N) is 2. The van der Waals surface area contributed by atoms with Crippen LogP contribution in [-0.2, 0) is 28.9 Å². The van der Waals surface area contributed by atoms with Gasteiger partial charge in [-0.2, -0.15) is 5.10 Å². The Balaban J connectivity index is 1.61. The molecule has 1 aromatic heterocycles. The van der Waals surface area contributed by atoms with Gasteiger partial charge in [-0.15, -0.1) is 0 Å². The van der Waals surface area contributed by atoms with E-state index in [4.69, 9.17) is 14.6 Å². The molecule has 9 nitrogen and oxygen atoms in total. The smallest absolute Gasteiger partial charge is 0.255 e. The summed E-state index contributed by atoms with van der Waals surface area (Å²) in [5, 5.41) is 21.0. The first-order chi connectivity index (χ1) is 16.9. The number of aliphatic hydroxyl groups is 1. The van der Waals surface area contributed by atoms with Crippen molar-refractivity contribution in [3.8, 4) is 0 Å². The number of ether oxygens (including phenoxy) is 2. The average molecular weight is 487 g/mol. The van der Waals surface area contributed by atoms with E-state index in [0.717, 1.165) is 24.2 Å². The van der Waals surface area contributed by atoms with Crippen molar-refractivity contribution < 1.29 is 24.2 Å². The second-order valence-electron chi connectivity index (χ2n) is 9.00. The molecule has 2 aromatic rings. The highest BCUT2D eigenvalue weighted by Crippen LogP contribution is 2.20. The van der Waals surface area contributed by atoms with Gasteiger partial charge in [0.15, 0.2) is 6.29 Å². The standard InChI is InChI=1S/C26H38N4O5/c1-4-21-23-22(11-6-14-34-15-7-12-27-25(23)32)30(29-21)13-8-16-35-26(33)20-10-5-9-19(17-20)24(31)28-18(2)3/h5,9-10,17-18,26,33H,4,6-8,11-16H2,1-3H3,(H,27,32)(H,28,31). The summed E-state index contributed by atoms with van der Waals surface area (Å²) in [6, 6.07) is 6.83. The Morgan fingerprint density at radius 3 is 2.89 bits per heavy atom. The number of aromatic nitrogens is 2. The molecule has 0 aliphatic carbocycles. The number of amides is 2. The highest BCUT2D eigenvalue weighted by molar-refractivity contribution is 5.96. The van der Waals surface area contributed by atoms with Crippen LogP contribution in [0.3, 0.4) is 0 Å². The molecule has 1 atom stereocenters. The molecule has 3 N–H and O–H groups in total. The molecule has 1 unspecified atom stereocenters. The van der Waals surface area contributed by atoms with Crippen molar-refractivity contribution in [2.45, 2.75) is 71.8 Å². The maximum Gasteiger partial charge on any atom is 0.255 e. The van der Waals surface area contributed by atoms with Crippen molar-refractivity contribution in [3.63, 3.8) is 0 Å². The molecule has 0 spiro atoms. The lowest BCUT2D eigenvalue weighted by Gasteiger charge is -2.15. The SMILES string of the molecule is CCc1nn(CCCOC(O)c2cccc(C(=O)NC(C)C)c2)c2c1C(=O)NCCCOCCC2. The van der Waals surface area contributed by atoms with E-state index in [1.54, 1.807) is 24.3 Å². The zero-order chi connectivity index (χ0) is 25.2. The molecular weight excluding hydrogens is 448 g/mol. The van der Waals surface area contributed by atoms with E-state index in [1.165, 1.54) is 0 Å². The number of rotatable bonds is 9. The lowest BCUT2D eigenvalue weighted by atomic mass is 10.1. The number of fused-ring (bicyclic) bond motifs is 1. The third-order valence-electron chi connectivity index (χ3n) is 5.79. The summed E-state index contributed by atoms with van der Waals surface area (Å²) in [5.74, 6) is -0.259. The molecule has 1 aliphatic heterocycles. The summed E-state index contributed by atoms with van der Waals surface area (Å²) in [6.45, 7) is 8.55. The van der Waals surface area contributed by atoms with Gasteiger partial charge >= 0.3 is 0 Å². The van der Waals surface area contributed by atoms with Gasteiger partial charge < -0.3 is 25.2 Å². The van der Waals surface area contributed by atoms with Crippen LogP contribution >= 0.6 is 0 Å². The monoisotopic (exact) mass is 486 g/mol. The number of nitrogens with one attached hydrogen (secondary N) is 2. The number of carbonyl (C=O) groups is 2. The third-order valence-corrected chi connectivity index (χ3v) is 5.79.